The van der Waals surface area contributed by atoms with E-state index in [0.717, 1.165) is 0 Å². The van der Waals surface area contributed by atoms with Gasteiger partial charge in [-0.1, -0.05) is 30.6 Å². The minimum atomic E-state index is -2.06. The Morgan fingerprint density at radius 1 is 1.71 bits per heavy atom. The first kappa shape index (κ1) is 8.43. The van der Waals surface area contributed by atoms with Crippen molar-refractivity contribution < 1.29 is 4.43 Å². The van der Waals surface area contributed by atoms with Crippen LogP contribution in [0.15, 0.2) is 0 Å². The molecule has 0 aliphatic heterocycles. The Morgan fingerprint density at radius 3 is 2.14 bits per heavy atom. The minimum Gasteiger partial charge on any atom is -0.388 e. The zero-order valence-corrected chi connectivity index (χ0v) is 8.68. The average molecular weight is 268 g/mol. The number of rotatable bonds is 2. The van der Waals surface area contributed by atoms with E-state index < -0.39 is 4.87 Å². The summed E-state index contributed by atoms with van der Waals surface area (Å²) in [6, 6.07) is 0. The van der Waals surface area contributed by atoms with Gasteiger partial charge in [-0.15, -0.1) is 11.1 Å². The molecule has 0 aliphatic carbocycles. The molecule has 0 radical (unpaired) electrons. The van der Waals surface area contributed by atoms with Crippen molar-refractivity contribution in [1.82, 2.24) is 0 Å². The van der Waals surface area contributed by atoms with Crippen LogP contribution in [0.4, 0.5) is 0 Å². The van der Waals surface area contributed by atoms with Gasteiger partial charge in [0, 0.05) is 6.61 Å². The Morgan fingerprint density at radius 2 is 2.14 bits per heavy atom. The SMILES string of the molecule is CCO[Si](Cl)(Br)Br. The zero-order chi connectivity index (χ0) is 5.91. The Balaban J connectivity index is 3.15. The lowest BCUT2D eigenvalue weighted by atomic mass is 10.9. The highest BCUT2D eigenvalue weighted by Gasteiger charge is 2.23. The van der Waals surface area contributed by atoms with Crippen LogP contribution >= 0.6 is 41.7 Å². The van der Waals surface area contributed by atoms with Crippen LogP contribution in [0, 0.1) is 0 Å². The largest absolute Gasteiger partial charge is 0.436 e. The third kappa shape index (κ3) is 7.43. The van der Waals surface area contributed by atoms with Gasteiger partial charge in [-0.05, 0) is 6.92 Å². The molecule has 0 fully saturated rings. The standard InChI is InChI=1S/C2H5Br2ClOSi/c1-2-6-7(3,4)5/h2H2,1H3. The first-order valence-electron chi connectivity index (χ1n) is 1.77. The molecule has 0 aliphatic rings. The maximum absolute atomic E-state index is 5.58. The van der Waals surface area contributed by atoms with Crippen molar-refractivity contribution in [3.8, 4) is 0 Å². The third-order valence-corrected chi connectivity index (χ3v) is 2.62. The molecule has 0 aromatic carbocycles. The first-order valence-corrected chi connectivity index (χ1v) is 9.20. The first-order chi connectivity index (χ1) is 3.06. The molecule has 0 amide bonds. The van der Waals surface area contributed by atoms with Gasteiger partial charge in [0.15, 0.2) is 0 Å². The van der Waals surface area contributed by atoms with E-state index >= 15 is 0 Å². The molecular formula is C2H5Br2ClOSi. The van der Waals surface area contributed by atoms with Crippen molar-refractivity contribution >= 4 is 46.5 Å². The normalized spacial score (nSPS) is 12.0. The quantitative estimate of drug-likeness (QED) is 0.552. The molecule has 0 heterocycles. The predicted octanol–water partition coefficient (Wildman–Crippen LogP) is 2.49. The summed E-state index contributed by atoms with van der Waals surface area (Å²) >= 11 is 11.9. The zero-order valence-electron chi connectivity index (χ0n) is 3.75. The summed E-state index contributed by atoms with van der Waals surface area (Å²) < 4.78 is 4.97. The fourth-order valence-corrected chi connectivity index (χ4v) is 2.19. The second-order valence-electron chi connectivity index (χ2n) is 0.879. The van der Waals surface area contributed by atoms with Gasteiger partial charge in [0.05, 0.1) is 0 Å². The van der Waals surface area contributed by atoms with Gasteiger partial charge in [-0.2, -0.15) is 0 Å². The number of hydrogen-bond acceptors (Lipinski definition) is 1. The van der Waals surface area contributed by atoms with Crippen molar-refractivity contribution in [2.24, 2.45) is 0 Å². The lowest BCUT2D eigenvalue weighted by Crippen LogP contribution is -2.13. The Labute approximate surface area is 64.4 Å². The molecule has 1 nitrogen and oxygen atoms in total. The van der Waals surface area contributed by atoms with Crippen molar-refractivity contribution in [1.29, 1.82) is 0 Å². The summed E-state index contributed by atoms with van der Waals surface area (Å²) in [6.07, 6.45) is 0. The molecule has 44 valence electrons. The molecule has 0 spiro atoms. The molecule has 0 saturated heterocycles. The Kier molecular flexibility index (Phi) is 4.16. The van der Waals surface area contributed by atoms with Gasteiger partial charge in [0.2, 0.25) is 0 Å². The monoisotopic (exact) mass is 266 g/mol. The highest BCUT2D eigenvalue weighted by atomic mass is 79.9. The fraction of sp³-hybridized carbons (Fsp3) is 1.00. The van der Waals surface area contributed by atoms with Gasteiger partial charge in [-0.3, -0.25) is 0 Å². The van der Waals surface area contributed by atoms with E-state index in [0.29, 0.717) is 6.61 Å². The van der Waals surface area contributed by atoms with Gasteiger partial charge in [0.1, 0.15) is 0 Å². The average Bonchev–Trinajstić information content (AvgIpc) is 1.30. The van der Waals surface area contributed by atoms with Crippen molar-refractivity contribution in [3.05, 3.63) is 0 Å². The van der Waals surface area contributed by atoms with E-state index in [2.05, 4.69) is 30.6 Å². The van der Waals surface area contributed by atoms with Crippen LogP contribution in [0.25, 0.3) is 0 Å². The summed E-state index contributed by atoms with van der Waals surface area (Å²) in [5, 5.41) is 0. The summed E-state index contributed by atoms with van der Waals surface area (Å²) in [7, 11) is 0. The number of halogens is 3. The molecule has 5 heteroatoms. The molecule has 0 aromatic rings. The predicted molar refractivity (Wildman–Crippen MR) is 41.1 cm³/mol. The van der Waals surface area contributed by atoms with Crippen LogP contribution in [0.3, 0.4) is 0 Å². The minimum absolute atomic E-state index is 0.645. The van der Waals surface area contributed by atoms with Crippen LogP contribution in [0.1, 0.15) is 6.92 Å². The Hall–Kier alpha value is 1.43. The van der Waals surface area contributed by atoms with Crippen molar-refractivity contribution in [3.63, 3.8) is 0 Å². The molecule has 7 heavy (non-hydrogen) atoms. The molecule has 0 saturated carbocycles. The lowest BCUT2D eigenvalue weighted by Gasteiger charge is -2.05. The molecule has 0 aromatic heterocycles. The molecule has 0 unspecified atom stereocenters. The second kappa shape index (κ2) is 3.45. The van der Waals surface area contributed by atoms with E-state index in [1.807, 2.05) is 6.92 Å². The third-order valence-electron chi connectivity index (χ3n) is 0.308. The molecule has 0 rings (SSSR count). The summed E-state index contributed by atoms with van der Waals surface area (Å²) in [5.74, 6) is 0. The van der Waals surface area contributed by atoms with Gasteiger partial charge < -0.3 is 4.43 Å². The van der Waals surface area contributed by atoms with Crippen molar-refractivity contribution in [2.45, 2.75) is 6.92 Å². The molecule has 0 N–H and O–H groups in total. The van der Waals surface area contributed by atoms with Gasteiger partial charge in [-0.25, -0.2) is 0 Å². The highest BCUT2D eigenvalue weighted by Crippen LogP contribution is 2.25. The summed E-state index contributed by atoms with van der Waals surface area (Å²) in [4.78, 5) is -2.06. The molecule has 0 bridgehead atoms. The summed E-state index contributed by atoms with van der Waals surface area (Å²) in [6.45, 7) is 2.54. The highest BCUT2D eigenvalue weighted by molar-refractivity contribution is 9.52. The van der Waals surface area contributed by atoms with Gasteiger partial charge >= 0.3 is 4.87 Å². The smallest absolute Gasteiger partial charge is 0.388 e. The van der Waals surface area contributed by atoms with Crippen molar-refractivity contribution in [2.75, 3.05) is 6.61 Å². The fourth-order valence-electron chi connectivity index (χ4n) is 0.164. The molecular weight excluding hydrogens is 263 g/mol. The lowest BCUT2D eigenvalue weighted by molar-refractivity contribution is 0.364. The van der Waals surface area contributed by atoms with Crippen LogP contribution in [0.2, 0.25) is 0 Å². The Bertz CT molecular complexity index is 54.1. The number of hydrogen-bond donors (Lipinski definition) is 0. The second-order valence-corrected chi connectivity index (χ2v) is 16.3. The summed E-state index contributed by atoms with van der Waals surface area (Å²) in [5.41, 5.74) is 0. The maximum Gasteiger partial charge on any atom is 0.436 e. The van der Waals surface area contributed by atoms with E-state index in [1.54, 1.807) is 0 Å². The van der Waals surface area contributed by atoms with E-state index in [-0.39, 0.29) is 0 Å². The maximum atomic E-state index is 5.58. The van der Waals surface area contributed by atoms with Crippen LogP contribution < -0.4 is 0 Å². The van der Waals surface area contributed by atoms with Gasteiger partial charge in [0.25, 0.3) is 0 Å². The van der Waals surface area contributed by atoms with E-state index in [9.17, 15) is 0 Å². The van der Waals surface area contributed by atoms with Crippen LogP contribution in [-0.2, 0) is 4.43 Å². The molecule has 0 atom stereocenters. The van der Waals surface area contributed by atoms with Crippen LogP contribution in [0.5, 0.6) is 0 Å². The van der Waals surface area contributed by atoms with E-state index in [1.165, 1.54) is 0 Å². The topological polar surface area (TPSA) is 9.23 Å². The van der Waals surface area contributed by atoms with Crippen LogP contribution in [-0.4, -0.2) is 11.5 Å². The van der Waals surface area contributed by atoms with E-state index in [4.69, 9.17) is 15.5 Å².